The van der Waals surface area contributed by atoms with Crippen LogP contribution in [0.4, 0.5) is 0 Å². The summed E-state index contributed by atoms with van der Waals surface area (Å²) < 4.78 is 21.4. The molecule has 29 heavy (non-hydrogen) atoms. The van der Waals surface area contributed by atoms with Crippen LogP contribution in [0.2, 0.25) is 0 Å². The lowest BCUT2D eigenvalue weighted by Gasteiger charge is -2.23. The summed E-state index contributed by atoms with van der Waals surface area (Å²) in [4.78, 5) is 26.5. The van der Waals surface area contributed by atoms with E-state index in [2.05, 4.69) is 0 Å². The molecule has 2 aliphatic heterocycles. The maximum atomic E-state index is 12.8. The number of methoxy groups -OCH3 is 2. The summed E-state index contributed by atoms with van der Waals surface area (Å²) in [6.45, 7) is 0.0832. The fourth-order valence-electron chi connectivity index (χ4n) is 3.64. The van der Waals surface area contributed by atoms with Crippen LogP contribution in [-0.4, -0.2) is 49.8 Å². The Morgan fingerprint density at radius 2 is 1.86 bits per heavy atom. The number of Topliss-reactive ketones (excluding diaryl/α,β-unsaturated/α-hetero) is 1. The van der Waals surface area contributed by atoms with Crippen molar-refractivity contribution in [3.05, 3.63) is 53.1 Å². The minimum absolute atomic E-state index is 0.0390. The molecule has 1 fully saturated rings. The summed E-state index contributed by atoms with van der Waals surface area (Å²) >= 11 is 0. The molecule has 1 N–H and O–H groups in total. The maximum Gasteiger partial charge on any atom is 0.295 e. The van der Waals surface area contributed by atoms with Gasteiger partial charge >= 0.3 is 0 Å². The number of amides is 1. The number of ketones is 1. The number of carbonyl (C=O) groups excluding carboxylic acids is 2. The molecule has 2 aliphatic rings. The molecule has 2 aromatic rings. The van der Waals surface area contributed by atoms with Gasteiger partial charge in [-0.15, -0.1) is 0 Å². The Bertz CT molecular complexity index is 1040. The number of aliphatic hydroxyl groups is 1. The molecule has 2 aromatic carbocycles. The molecule has 1 unspecified atom stereocenters. The average Bonchev–Trinajstić information content (AvgIpc) is 3.30. The fraction of sp³-hybridized carbons (Fsp3) is 0.238. The Kier molecular flexibility index (Phi) is 4.54. The van der Waals surface area contributed by atoms with Crippen molar-refractivity contribution in [2.24, 2.45) is 0 Å². The van der Waals surface area contributed by atoms with Crippen LogP contribution in [0.1, 0.15) is 17.2 Å². The number of likely N-dealkylation sites (tertiary alicyclic amines) is 1. The number of aliphatic hydroxyl groups excluding tert-OH is 1. The van der Waals surface area contributed by atoms with Crippen molar-refractivity contribution in [3.63, 3.8) is 0 Å². The van der Waals surface area contributed by atoms with Gasteiger partial charge in [0.1, 0.15) is 5.76 Å². The van der Waals surface area contributed by atoms with E-state index >= 15 is 0 Å². The first-order chi connectivity index (χ1) is 14.0. The molecule has 4 rings (SSSR count). The predicted molar refractivity (Wildman–Crippen MR) is 102 cm³/mol. The lowest BCUT2D eigenvalue weighted by molar-refractivity contribution is -0.139. The molecule has 1 saturated heterocycles. The first kappa shape index (κ1) is 18.7. The molecule has 0 bridgehead atoms. The molecular weight excluding hydrogens is 378 g/mol. The van der Waals surface area contributed by atoms with Crippen molar-refractivity contribution in [2.45, 2.75) is 6.04 Å². The highest BCUT2D eigenvalue weighted by Crippen LogP contribution is 2.45. The van der Waals surface area contributed by atoms with E-state index < -0.39 is 17.7 Å². The molecule has 0 aliphatic carbocycles. The molecule has 0 saturated carbocycles. The third-order valence-corrected chi connectivity index (χ3v) is 5.05. The molecule has 0 aromatic heterocycles. The number of carbonyl (C=O) groups is 2. The summed E-state index contributed by atoms with van der Waals surface area (Å²) in [6.07, 6.45) is 0. The van der Waals surface area contributed by atoms with Gasteiger partial charge in [-0.25, -0.2) is 0 Å². The zero-order valence-corrected chi connectivity index (χ0v) is 16.1. The molecule has 150 valence electrons. The molecular formula is C21H19NO7. The van der Waals surface area contributed by atoms with Crippen molar-refractivity contribution in [1.29, 1.82) is 0 Å². The molecule has 0 radical (unpaired) electrons. The van der Waals surface area contributed by atoms with Crippen molar-refractivity contribution >= 4 is 17.4 Å². The van der Waals surface area contributed by atoms with Gasteiger partial charge < -0.3 is 29.0 Å². The standard InChI is InChI=1S/C21H19NO7/c1-22-17(12-5-4-6-14(26-2)20(12)27-3)16(19(24)21(22)25)18(23)11-7-8-13-15(9-11)29-10-28-13/h4-9,17,23H,10H2,1-3H3/b18-16+. The monoisotopic (exact) mass is 397 g/mol. The summed E-state index contributed by atoms with van der Waals surface area (Å²) in [5.41, 5.74) is 0.825. The molecule has 8 heteroatoms. The first-order valence-electron chi connectivity index (χ1n) is 8.83. The van der Waals surface area contributed by atoms with Crippen molar-refractivity contribution in [3.8, 4) is 23.0 Å². The minimum Gasteiger partial charge on any atom is -0.507 e. The van der Waals surface area contributed by atoms with E-state index in [-0.39, 0.29) is 18.1 Å². The van der Waals surface area contributed by atoms with E-state index in [9.17, 15) is 14.7 Å². The molecule has 1 amide bonds. The number of hydrogen-bond acceptors (Lipinski definition) is 7. The summed E-state index contributed by atoms with van der Waals surface area (Å²) in [5.74, 6) is 0.0248. The number of hydrogen-bond donors (Lipinski definition) is 1. The molecule has 1 atom stereocenters. The lowest BCUT2D eigenvalue weighted by atomic mass is 9.94. The maximum absolute atomic E-state index is 12.8. The zero-order valence-electron chi connectivity index (χ0n) is 16.1. The predicted octanol–water partition coefficient (Wildman–Crippen LogP) is 2.48. The largest absolute Gasteiger partial charge is 0.507 e. The van der Waals surface area contributed by atoms with Gasteiger partial charge in [-0.2, -0.15) is 0 Å². The van der Waals surface area contributed by atoms with Crippen molar-refractivity contribution in [2.75, 3.05) is 28.1 Å². The van der Waals surface area contributed by atoms with Crippen LogP contribution in [0.15, 0.2) is 42.0 Å². The second-order valence-corrected chi connectivity index (χ2v) is 6.56. The fourth-order valence-corrected chi connectivity index (χ4v) is 3.64. The molecule has 8 nitrogen and oxygen atoms in total. The number of fused-ring (bicyclic) bond motifs is 1. The Morgan fingerprint density at radius 1 is 1.10 bits per heavy atom. The van der Waals surface area contributed by atoms with Crippen molar-refractivity contribution < 1.29 is 33.6 Å². The number of ether oxygens (including phenoxy) is 4. The minimum atomic E-state index is -0.842. The smallest absolute Gasteiger partial charge is 0.295 e. The van der Waals surface area contributed by atoms with Gasteiger partial charge in [-0.05, 0) is 24.3 Å². The second-order valence-electron chi connectivity index (χ2n) is 6.56. The lowest BCUT2D eigenvalue weighted by Crippen LogP contribution is -2.25. The number of rotatable bonds is 4. The molecule has 0 spiro atoms. The van der Waals surface area contributed by atoms with Gasteiger partial charge in [0.25, 0.3) is 11.7 Å². The van der Waals surface area contributed by atoms with Gasteiger partial charge in [-0.1, -0.05) is 12.1 Å². The third-order valence-electron chi connectivity index (χ3n) is 5.05. The summed E-state index contributed by atoms with van der Waals surface area (Å²) in [6, 6.07) is 9.13. The topological polar surface area (TPSA) is 94.5 Å². The van der Waals surface area contributed by atoms with E-state index in [1.807, 2.05) is 0 Å². The number of nitrogens with zero attached hydrogens (tertiary/aromatic N) is 1. The Hall–Kier alpha value is -3.68. The SMILES string of the molecule is COc1cccc(C2/C(=C(\O)c3ccc4c(c3)OCO4)C(=O)C(=O)N2C)c1OC. The Balaban J connectivity index is 1.90. The van der Waals surface area contributed by atoms with E-state index in [1.165, 1.54) is 26.2 Å². The third kappa shape index (κ3) is 2.84. The summed E-state index contributed by atoms with van der Waals surface area (Å²) in [7, 11) is 4.47. The van der Waals surface area contributed by atoms with E-state index in [4.69, 9.17) is 18.9 Å². The first-order valence-corrected chi connectivity index (χ1v) is 8.83. The Morgan fingerprint density at radius 3 is 2.59 bits per heavy atom. The van der Waals surface area contributed by atoms with Gasteiger partial charge in [0.2, 0.25) is 6.79 Å². The van der Waals surface area contributed by atoms with Gasteiger partial charge in [0.05, 0.1) is 25.8 Å². The second kappa shape index (κ2) is 7.05. The Labute approximate surface area is 166 Å². The van der Waals surface area contributed by atoms with E-state index in [0.29, 0.717) is 34.1 Å². The van der Waals surface area contributed by atoms with Crippen molar-refractivity contribution in [1.82, 2.24) is 4.90 Å². The zero-order chi connectivity index (χ0) is 20.7. The highest BCUT2D eigenvalue weighted by molar-refractivity contribution is 6.46. The van der Waals surface area contributed by atoms with Crippen LogP contribution in [-0.2, 0) is 9.59 Å². The van der Waals surface area contributed by atoms with Crippen LogP contribution < -0.4 is 18.9 Å². The average molecular weight is 397 g/mol. The number of benzene rings is 2. The van der Waals surface area contributed by atoms with Gasteiger partial charge in [0.15, 0.2) is 23.0 Å². The van der Waals surface area contributed by atoms with E-state index in [0.717, 1.165) is 0 Å². The van der Waals surface area contributed by atoms with E-state index in [1.54, 1.807) is 36.4 Å². The van der Waals surface area contributed by atoms with Crippen LogP contribution in [0.5, 0.6) is 23.0 Å². The highest BCUT2D eigenvalue weighted by Gasteiger charge is 2.45. The number of para-hydroxylation sites is 1. The quantitative estimate of drug-likeness (QED) is 0.481. The number of likely N-dealkylation sites (N-methyl/N-ethyl adjacent to an activating group) is 1. The van der Waals surface area contributed by atoms with Gasteiger partial charge in [-0.3, -0.25) is 9.59 Å². The van der Waals surface area contributed by atoms with Gasteiger partial charge in [0, 0.05) is 18.2 Å². The summed E-state index contributed by atoms with van der Waals surface area (Å²) in [5, 5.41) is 11.0. The van der Waals surface area contributed by atoms with Crippen LogP contribution in [0, 0.1) is 0 Å². The highest BCUT2D eigenvalue weighted by atomic mass is 16.7. The normalized spacial score (nSPS) is 19.6. The van der Waals surface area contributed by atoms with Crippen LogP contribution >= 0.6 is 0 Å². The molecule has 2 heterocycles. The van der Waals surface area contributed by atoms with Crippen LogP contribution in [0.3, 0.4) is 0 Å². The van der Waals surface area contributed by atoms with Crippen LogP contribution in [0.25, 0.3) is 5.76 Å².